The first-order valence-electron chi connectivity index (χ1n) is 9.39. The molecular formula is C19H24F5N3O. The van der Waals surface area contributed by atoms with Gasteiger partial charge in [-0.25, -0.2) is 8.78 Å². The largest absolute Gasteiger partial charge is 0.391 e. The van der Waals surface area contributed by atoms with Crippen molar-refractivity contribution in [2.24, 2.45) is 13.0 Å². The fraction of sp³-hybridized carbons (Fsp3) is 0.684. The third kappa shape index (κ3) is 4.07. The standard InChI is InChI=1S/C19H24F5N3O/c1-10(7-11(2)19(22,23)24)17(28)25-16-14(12-5-4-6-12)15(26-27(16)3)13-8-18(20,21)9-13/h11-13H,1,4-9H2,2-3H3,(H,25,28). The van der Waals surface area contributed by atoms with Gasteiger partial charge in [0.05, 0.1) is 11.6 Å². The highest BCUT2D eigenvalue weighted by molar-refractivity contribution is 6.03. The van der Waals surface area contributed by atoms with Crippen molar-refractivity contribution in [2.75, 3.05) is 5.32 Å². The first kappa shape index (κ1) is 20.8. The number of carbonyl (C=O) groups excluding carboxylic acids is 1. The lowest BCUT2D eigenvalue weighted by molar-refractivity contribution is -0.169. The summed E-state index contributed by atoms with van der Waals surface area (Å²) in [7, 11) is 1.60. The molecule has 1 atom stereocenters. The van der Waals surface area contributed by atoms with E-state index >= 15 is 0 Å². The number of anilines is 1. The Morgan fingerprint density at radius 2 is 1.93 bits per heavy atom. The molecule has 0 aliphatic heterocycles. The van der Waals surface area contributed by atoms with Crippen LogP contribution in [0.15, 0.2) is 12.2 Å². The van der Waals surface area contributed by atoms with Crippen LogP contribution in [-0.2, 0) is 11.8 Å². The van der Waals surface area contributed by atoms with Gasteiger partial charge >= 0.3 is 6.18 Å². The van der Waals surface area contributed by atoms with Crippen LogP contribution in [0.25, 0.3) is 0 Å². The molecule has 28 heavy (non-hydrogen) atoms. The topological polar surface area (TPSA) is 46.9 Å². The minimum absolute atomic E-state index is 0.121. The number of carbonyl (C=O) groups is 1. The van der Waals surface area contributed by atoms with Gasteiger partial charge in [-0.2, -0.15) is 18.3 Å². The number of halogens is 5. The van der Waals surface area contributed by atoms with E-state index in [1.165, 1.54) is 4.68 Å². The minimum Gasteiger partial charge on any atom is -0.307 e. The highest BCUT2D eigenvalue weighted by Crippen LogP contribution is 2.52. The molecule has 2 fully saturated rings. The van der Waals surface area contributed by atoms with E-state index in [1.807, 2.05) is 0 Å². The highest BCUT2D eigenvalue weighted by atomic mass is 19.4. The molecule has 1 aromatic rings. The Morgan fingerprint density at radius 3 is 2.39 bits per heavy atom. The zero-order valence-electron chi connectivity index (χ0n) is 15.9. The Balaban J connectivity index is 1.79. The van der Waals surface area contributed by atoms with Crippen LogP contribution in [0.1, 0.15) is 68.5 Å². The van der Waals surface area contributed by atoms with Crippen molar-refractivity contribution >= 4 is 11.7 Å². The Kier molecular flexibility index (Phi) is 5.31. The molecule has 0 spiro atoms. The molecule has 9 heteroatoms. The molecule has 156 valence electrons. The van der Waals surface area contributed by atoms with Gasteiger partial charge in [-0.1, -0.05) is 19.9 Å². The van der Waals surface area contributed by atoms with E-state index in [9.17, 15) is 26.7 Å². The van der Waals surface area contributed by atoms with Gasteiger partial charge in [-0.15, -0.1) is 0 Å². The Labute approximate surface area is 160 Å². The lowest BCUT2D eigenvalue weighted by atomic mass is 9.73. The van der Waals surface area contributed by atoms with E-state index in [2.05, 4.69) is 17.0 Å². The average Bonchev–Trinajstić information content (AvgIpc) is 2.79. The molecule has 1 N–H and O–H groups in total. The molecule has 1 heterocycles. The number of hydrogen-bond donors (Lipinski definition) is 1. The van der Waals surface area contributed by atoms with Crippen LogP contribution in [0, 0.1) is 5.92 Å². The van der Waals surface area contributed by atoms with E-state index < -0.39 is 30.3 Å². The number of aromatic nitrogens is 2. The monoisotopic (exact) mass is 405 g/mol. The third-order valence-corrected chi connectivity index (χ3v) is 5.77. The predicted octanol–water partition coefficient (Wildman–Crippen LogP) is 5.28. The van der Waals surface area contributed by atoms with E-state index in [0.29, 0.717) is 11.5 Å². The summed E-state index contributed by atoms with van der Waals surface area (Å²) >= 11 is 0. The fourth-order valence-corrected chi connectivity index (χ4v) is 3.74. The lowest BCUT2D eigenvalue weighted by Gasteiger charge is -2.36. The second-order valence-corrected chi connectivity index (χ2v) is 8.06. The van der Waals surface area contributed by atoms with E-state index in [1.54, 1.807) is 7.05 Å². The molecule has 1 aromatic heterocycles. The maximum Gasteiger partial charge on any atom is 0.391 e. The van der Waals surface area contributed by atoms with Crippen molar-refractivity contribution in [3.63, 3.8) is 0 Å². The van der Waals surface area contributed by atoms with Crippen molar-refractivity contribution in [2.45, 2.75) is 69.4 Å². The number of aryl methyl sites for hydroxylation is 1. The van der Waals surface area contributed by atoms with Gasteiger partial charge in [-0.3, -0.25) is 9.48 Å². The van der Waals surface area contributed by atoms with Gasteiger partial charge in [0.2, 0.25) is 5.92 Å². The van der Waals surface area contributed by atoms with Crippen LogP contribution in [0.5, 0.6) is 0 Å². The van der Waals surface area contributed by atoms with Crippen LogP contribution in [0.2, 0.25) is 0 Å². The van der Waals surface area contributed by atoms with Gasteiger partial charge in [-0.05, 0) is 25.2 Å². The second-order valence-electron chi connectivity index (χ2n) is 8.06. The molecule has 2 saturated carbocycles. The van der Waals surface area contributed by atoms with Crippen LogP contribution in [0.3, 0.4) is 0 Å². The van der Waals surface area contributed by atoms with Gasteiger partial charge in [0.1, 0.15) is 5.82 Å². The maximum absolute atomic E-state index is 13.3. The molecule has 4 nitrogen and oxygen atoms in total. The van der Waals surface area contributed by atoms with Crippen LogP contribution in [-0.4, -0.2) is 27.8 Å². The number of nitrogens with zero attached hydrogens (tertiary/aromatic N) is 2. The zero-order chi connectivity index (χ0) is 20.9. The van der Waals surface area contributed by atoms with Gasteiger partial charge < -0.3 is 5.32 Å². The number of rotatable bonds is 6. The van der Waals surface area contributed by atoms with E-state index in [0.717, 1.165) is 31.7 Å². The first-order chi connectivity index (χ1) is 12.9. The van der Waals surface area contributed by atoms with Crippen molar-refractivity contribution in [1.29, 1.82) is 0 Å². The number of hydrogen-bond acceptors (Lipinski definition) is 2. The Hall–Kier alpha value is -1.93. The van der Waals surface area contributed by atoms with Gasteiger partial charge in [0, 0.05) is 36.9 Å². The summed E-state index contributed by atoms with van der Waals surface area (Å²) in [6.07, 6.45) is -2.71. The molecule has 0 bridgehead atoms. The minimum atomic E-state index is -4.41. The number of nitrogens with one attached hydrogen (secondary N) is 1. The molecule has 0 aromatic carbocycles. The Morgan fingerprint density at radius 1 is 1.32 bits per heavy atom. The summed E-state index contributed by atoms with van der Waals surface area (Å²) in [6, 6.07) is 0. The van der Waals surface area contributed by atoms with Crippen LogP contribution in [0.4, 0.5) is 27.8 Å². The molecule has 2 aliphatic carbocycles. The molecule has 0 saturated heterocycles. The van der Waals surface area contributed by atoms with Crippen LogP contribution >= 0.6 is 0 Å². The summed E-state index contributed by atoms with van der Waals surface area (Å²) < 4.78 is 66.3. The molecule has 0 radical (unpaired) electrons. The lowest BCUT2D eigenvalue weighted by Crippen LogP contribution is -2.34. The van der Waals surface area contributed by atoms with Gasteiger partial charge in [0.15, 0.2) is 0 Å². The van der Waals surface area contributed by atoms with E-state index in [4.69, 9.17) is 0 Å². The molecule has 1 unspecified atom stereocenters. The first-order valence-corrected chi connectivity index (χ1v) is 9.39. The number of amides is 1. The van der Waals surface area contributed by atoms with Crippen LogP contribution < -0.4 is 5.32 Å². The van der Waals surface area contributed by atoms with Crippen molar-refractivity contribution in [3.05, 3.63) is 23.4 Å². The molecule has 2 aliphatic rings. The summed E-state index contributed by atoms with van der Waals surface area (Å²) in [4.78, 5) is 12.4. The smallest absolute Gasteiger partial charge is 0.307 e. The summed E-state index contributed by atoms with van der Waals surface area (Å²) in [5, 5.41) is 7.01. The molecule has 3 rings (SSSR count). The summed E-state index contributed by atoms with van der Waals surface area (Å²) in [5.74, 6) is -4.95. The SMILES string of the molecule is C=C(CC(C)C(F)(F)F)C(=O)Nc1c(C2CCC2)c(C2CC(F)(F)C2)nn1C. The number of alkyl halides is 5. The summed E-state index contributed by atoms with van der Waals surface area (Å²) in [5.41, 5.74) is 1.14. The maximum atomic E-state index is 13.3. The van der Waals surface area contributed by atoms with Crippen molar-refractivity contribution < 1.29 is 26.7 Å². The normalized spacial score (nSPS) is 21.0. The zero-order valence-corrected chi connectivity index (χ0v) is 15.9. The van der Waals surface area contributed by atoms with Crippen molar-refractivity contribution in [1.82, 2.24) is 9.78 Å². The Bertz CT molecular complexity index is 771. The molecular weight excluding hydrogens is 381 g/mol. The third-order valence-electron chi connectivity index (χ3n) is 5.77. The quantitative estimate of drug-likeness (QED) is 0.517. The average molecular weight is 405 g/mol. The molecule has 1 amide bonds. The van der Waals surface area contributed by atoms with E-state index in [-0.39, 0.29) is 30.3 Å². The predicted molar refractivity (Wildman–Crippen MR) is 94.3 cm³/mol. The second kappa shape index (κ2) is 7.15. The van der Waals surface area contributed by atoms with Crippen molar-refractivity contribution in [3.8, 4) is 0 Å². The highest BCUT2D eigenvalue weighted by Gasteiger charge is 2.49. The summed E-state index contributed by atoms with van der Waals surface area (Å²) in [6.45, 7) is 4.49. The fourth-order valence-electron chi connectivity index (χ4n) is 3.74. The van der Waals surface area contributed by atoms with Gasteiger partial charge in [0.25, 0.3) is 5.91 Å².